The summed E-state index contributed by atoms with van der Waals surface area (Å²) >= 11 is 0. The van der Waals surface area contributed by atoms with E-state index in [9.17, 15) is 14.7 Å². The number of pyridine rings is 1. The maximum Gasteiger partial charge on any atom is 0.295 e. The predicted molar refractivity (Wildman–Crippen MR) is 132 cm³/mol. The summed E-state index contributed by atoms with van der Waals surface area (Å²) in [7, 11) is 1.57. The van der Waals surface area contributed by atoms with Gasteiger partial charge in [0.25, 0.3) is 11.7 Å². The standard InChI is InChI=1S/C28H28N2O5/c1-4-14-35-23-12-9-21(15-18(23)2)26(31)24-25(20-7-10-22(34-3)11-8-20)30(28(33)27(24)32)17-19-6-5-13-29-16-19/h5-13,15-16,25,31H,4,14,17H2,1-3H3/b26-24+. The number of nitrogens with zero attached hydrogens (tertiary/aromatic N) is 2. The first-order valence-electron chi connectivity index (χ1n) is 11.5. The first-order chi connectivity index (χ1) is 16.9. The summed E-state index contributed by atoms with van der Waals surface area (Å²) in [4.78, 5) is 32.0. The van der Waals surface area contributed by atoms with Crippen LogP contribution in [-0.4, -0.2) is 40.4 Å². The van der Waals surface area contributed by atoms with Crippen molar-refractivity contribution in [3.05, 3.63) is 94.8 Å². The summed E-state index contributed by atoms with van der Waals surface area (Å²) in [5.41, 5.74) is 2.79. The fraction of sp³-hybridized carbons (Fsp3) is 0.250. The second-order valence-electron chi connectivity index (χ2n) is 8.39. The Hall–Kier alpha value is -4.13. The minimum absolute atomic E-state index is 0.0469. The van der Waals surface area contributed by atoms with E-state index in [1.165, 1.54) is 4.90 Å². The molecule has 3 aromatic rings. The fourth-order valence-electron chi connectivity index (χ4n) is 4.19. The number of aromatic nitrogens is 1. The number of aliphatic hydroxyl groups excluding tert-OH is 1. The normalized spacial score (nSPS) is 17.0. The van der Waals surface area contributed by atoms with Crippen LogP contribution in [0.3, 0.4) is 0 Å². The van der Waals surface area contributed by atoms with Gasteiger partial charge in [0.2, 0.25) is 0 Å². The molecule has 1 atom stereocenters. The molecule has 0 saturated carbocycles. The molecule has 1 aliphatic heterocycles. The molecule has 0 bridgehead atoms. The van der Waals surface area contributed by atoms with Crippen LogP contribution in [0.5, 0.6) is 11.5 Å². The largest absolute Gasteiger partial charge is 0.507 e. The van der Waals surface area contributed by atoms with Gasteiger partial charge in [-0.1, -0.05) is 25.1 Å². The molecule has 7 heteroatoms. The molecule has 1 amide bonds. The Morgan fingerprint density at radius 1 is 1.11 bits per heavy atom. The number of amides is 1. The van der Waals surface area contributed by atoms with Crippen molar-refractivity contribution in [3.8, 4) is 11.5 Å². The van der Waals surface area contributed by atoms with Gasteiger partial charge in [-0.2, -0.15) is 0 Å². The zero-order chi connectivity index (χ0) is 24.9. The Bertz CT molecular complexity index is 1250. The van der Waals surface area contributed by atoms with Crippen LogP contribution in [0.15, 0.2) is 72.6 Å². The highest BCUT2D eigenvalue weighted by Crippen LogP contribution is 2.41. The van der Waals surface area contributed by atoms with Crippen LogP contribution in [0, 0.1) is 6.92 Å². The second-order valence-corrected chi connectivity index (χ2v) is 8.39. The maximum atomic E-state index is 13.2. The quantitative estimate of drug-likeness (QED) is 0.288. The van der Waals surface area contributed by atoms with Gasteiger partial charge < -0.3 is 19.5 Å². The molecule has 7 nitrogen and oxygen atoms in total. The number of ketones is 1. The number of carbonyl (C=O) groups excluding carboxylic acids is 2. The van der Waals surface area contributed by atoms with E-state index in [-0.39, 0.29) is 17.9 Å². The molecule has 0 spiro atoms. The number of aryl methyl sites for hydroxylation is 1. The van der Waals surface area contributed by atoms with E-state index in [1.807, 2.05) is 19.9 Å². The number of ether oxygens (including phenoxy) is 2. The van der Waals surface area contributed by atoms with Crippen molar-refractivity contribution >= 4 is 17.4 Å². The summed E-state index contributed by atoms with van der Waals surface area (Å²) in [5, 5.41) is 11.3. The van der Waals surface area contributed by atoms with E-state index in [2.05, 4.69) is 4.98 Å². The zero-order valence-corrected chi connectivity index (χ0v) is 20.0. The third-order valence-corrected chi connectivity index (χ3v) is 5.96. The molecule has 0 radical (unpaired) electrons. The lowest BCUT2D eigenvalue weighted by Crippen LogP contribution is -2.29. The third kappa shape index (κ3) is 4.89. The number of methoxy groups -OCH3 is 1. The zero-order valence-electron chi connectivity index (χ0n) is 20.0. The van der Waals surface area contributed by atoms with E-state index >= 15 is 0 Å². The Morgan fingerprint density at radius 2 is 1.89 bits per heavy atom. The molecule has 1 aromatic heterocycles. The second kappa shape index (κ2) is 10.4. The van der Waals surface area contributed by atoms with E-state index in [0.717, 1.165) is 17.5 Å². The number of Topliss-reactive ketones (excluding diaryl/α,β-unsaturated/α-hetero) is 1. The van der Waals surface area contributed by atoms with E-state index in [0.29, 0.717) is 29.2 Å². The highest BCUT2D eigenvalue weighted by molar-refractivity contribution is 6.46. The van der Waals surface area contributed by atoms with E-state index < -0.39 is 17.7 Å². The molecular weight excluding hydrogens is 444 g/mol. The highest BCUT2D eigenvalue weighted by atomic mass is 16.5. The van der Waals surface area contributed by atoms with Gasteiger partial charge in [0.1, 0.15) is 17.3 Å². The van der Waals surface area contributed by atoms with Gasteiger partial charge in [-0.15, -0.1) is 0 Å². The molecule has 0 aliphatic carbocycles. The Labute approximate surface area is 204 Å². The van der Waals surface area contributed by atoms with Gasteiger partial charge in [0.15, 0.2) is 0 Å². The summed E-state index contributed by atoms with van der Waals surface area (Å²) in [6, 6.07) is 15.2. The summed E-state index contributed by atoms with van der Waals surface area (Å²) in [6.07, 6.45) is 4.18. The Morgan fingerprint density at radius 3 is 2.51 bits per heavy atom. The van der Waals surface area contributed by atoms with Crippen LogP contribution < -0.4 is 9.47 Å². The third-order valence-electron chi connectivity index (χ3n) is 5.96. The molecule has 2 aromatic carbocycles. The summed E-state index contributed by atoms with van der Waals surface area (Å²) in [5.74, 6) is -0.251. The molecule has 180 valence electrons. The average molecular weight is 473 g/mol. The lowest BCUT2D eigenvalue weighted by atomic mass is 9.94. The van der Waals surface area contributed by atoms with Gasteiger partial charge in [-0.05, 0) is 66.4 Å². The van der Waals surface area contributed by atoms with Crippen molar-refractivity contribution in [2.45, 2.75) is 32.9 Å². The molecule has 1 saturated heterocycles. The fourth-order valence-corrected chi connectivity index (χ4v) is 4.19. The minimum Gasteiger partial charge on any atom is -0.507 e. The SMILES string of the molecule is CCCOc1ccc(/C(O)=C2\C(=O)C(=O)N(Cc3cccnc3)C2c2ccc(OC)cc2)cc1C. The van der Waals surface area contributed by atoms with Crippen LogP contribution in [0.2, 0.25) is 0 Å². The lowest BCUT2D eigenvalue weighted by Gasteiger charge is -2.25. The van der Waals surface area contributed by atoms with Crippen LogP contribution >= 0.6 is 0 Å². The van der Waals surface area contributed by atoms with Crippen molar-refractivity contribution < 1.29 is 24.2 Å². The van der Waals surface area contributed by atoms with E-state index in [4.69, 9.17) is 9.47 Å². The first kappa shape index (κ1) is 24.0. The first-order valence-corrected chi connectivity index (χ1v) is 11.5. The average Bonchev–Trinajstić information content (AvgIpc) is 3.13. The molecule has 1 aliphatic rings. The smallest absolute Gasteiger partial charge is 0.295 e. The minimum atomic E-state index is -0.766. The van der Waals surface area contributed by atoms with Crippen LogP contribution in [0.1, 0.15) is 41.6 Å². The number of hydrogen-bond donors (Lipinski definition) is 1. The monoisotopic (exact) mass is 472 g/mol. The molecule has 1 unspecified atom stereocenters. The van der Waals surface area contributed by atoms with Crippen molar-refractivity contribution in [2.24, 2.45) is 0 Å². The van der Waals surface area contributed by atoms with Crippen LogP contribution in [0.4, 0.5) is 0 Å². The molecule has 1 fully saturated rings. The van der Waals surface area contributed by atoms with Crippen LogP contribution in [-0.2, 0) is 16.1 Å². The highest BCUT2D eigenvalue weighted by Gasteiger charge is 2.46. The molecule has 35 heavy (non-hydrogen) atoms. The Balaban J connectivity index is 1.81. The topological polar surface area (TPSA) is 89.0 Å². The van der Waals surface area contributed by atoms with Crippen LogP contribution in [0.25, 0.3) is 5.76 Å². The predicted octanol–water partition coefficient (Wildman–Crippen LogP) is 4.81. The molecular formula is C28H28N2O5. The number of likely N-dealkylation sites (tertiary alicyclic amines) is 1. The number of carbonyl (C=O) groups is 2. The van der Waals surface area contributed by atoms with Gasteiger partial charge >= 0.3 is 0 Å². The van der Waals surface area contributed by atoms with Crippen molar-refractivity contribution in [1.29, 1.82) is 0 Å². The van der Waals surface area contributed by atoms with Gasteiger partial charge in [0.05, 0.1) is 25.3 Å². The number of benzene rings is 2. The van der Waals surface area contributed by atoms with E-state index in [1.54, 1.807) is 68.0 Å². The number of aliphatic hydroxyl groups is 1. The van der Waals surface area contributed by atoms with Gasteiger partial charge in [0, 0.05) is 24.5 Å². The maximum absolute atomic E-state index is 13.2. The summed E-state index contributed by atoms with van der Waals surface area (Å²) in [6.45, 7) is 4.67. The van der Waals surface area contributed by atoms with Crippen molar-refractivity contribution in [3.63, 3.8) is 0 Å². The van der Waals surface area contributed by atoms with Gasteiger partial charge in [-0.25, -0.2) is 0 Å². The molecule has 4 rings (SSSR count). The van der Waals surface area contributed by atoms with Crippen molar-refractivity contribution in [1.82, 2.24) is 9.88 Å². The Kier molecular flexibility index (Phi) is 7.15. The summed E-state index contributed by atoms with van der Waals surface area (Å²) < 4.78 is 11.0. The molecule has 1 N–H and O–H groups in total. The molecule has 2 heterocycles. The lowest BCUT2D eigenvalue weighted by molar-refractivity contribution is -0.140. The number of rotatable bonds is 8. The van der Waals surface area contributed by atoms with Gasteiger partial charge in [-0.3, -0.25) is 14.6 Å². The van der Waals surface area contributed by atoms with Crippen molar-refractivity contribution in [2.75, 3.05) is 13.7 Å². The number of hydrogen-bond acceptors (Lipinski definition) is 6.